The summed E-state index contributed by atoms with van der Waals surface area (Å²) in [6.07, 6.45) is 4.88. The lowest BCUT2D eigenvalue weighted by atomic mass is 10.1. The van der Waals surface area contributed by atoms with Crippen LogP contribution in [0, 0.1) is 0 Å². The van der Waals surface area contributed by atoms with Crippen LogP contribution in [0.5, 0.6) is 5.88 Å². The number of esters is 1. The van der Waals surface area contributed by atoms with E-state index in [1.165, 1.54) is 0 Å². The molecule has 0 atom stereocenters. The van der Waals surface area contributed by atoms with Gasteiger partial charge in [-0.05, 0) is 31.5 Å². The monoisotopic (exact) mass is 426 g/mol. The van der Waals surface area contributed by atoms with Crippen LogP contribution in [-0.4, -0.2) is 30.6 Å². The predicted octanol–water partition coefficient (Wildman–Crippen LogP) is 5.15. The van der Waals surface area contributed by atoms with E-state index in [-0.39, 0.29) is 5.97 Å². The molecule has 1 aromatic carbocycles. The van der Waals surface area contributed by atoms with Crippen molar-refractivity contribution in [3.05, 3.63) is 64.9 Å². The normalized spacial score (nSPS) is 13.9. The van der Waals surface area contributed by atoms with Crippen LogP contribution in [0.15, 0.2) is 58.7 Å². The Morgan fingerprint density at radius 3 is 2.97 bits per heavy atom. The molecular weight excluding hydrogens is 404 g/mol. The van der Waals surface area contributed by atoms with Crippen molar-refractivity contribution in [1.29, 1.82) is 0 Å². The van der Waals surface area contributed by atoms with Gasteiger partial charge in [0.1, 0.15) is 18.0 Å². The maximum absolute atomic E-state index is 11.7. The maximum Gasteiger partial charge on any atom is 0.309 e. The number of hydrogen-bond donors (Lipinski definition) is 0. The van der Waals surface area contributed by atoms with Crippen LogP contribution in [0.1, 0.15) is 25.3 Å². The van der Waals surface area contributed by atoms with Crippen molar-refractivity contribution in [2.24, 2.45) is 0 Å². The lowest BCUT2D eigenvalue weighted by Crippen LogP contribution is -2.29. The Balaban J connectivity index is 1.40. The summed E-state index contributed by atoms with van der Waals surface area (Å²) in [4.78, 5) is 18.5. The molecule has 0 aliphatic carbocycles. The molecule has 6 nitrogen and oxygen atoms in total. The number of hydrogen-bond acceptors (Lipinski definition) is 6. The molecule has 0 radical (unpaired) electrons. The van der Waals surface area contributed by atoms with Crippen LogP contribution in [0.2, 0.25) is 5.02 Å². The van der Waals surface area contributed by atoms with Crippen molar-refractivity contribution in [3.8, 4) is 5.88 Å². The van der Waals surface area contributed by atoms with Gasteiger partial charge in [0.15, 0.2) is 0 Å². The molecular formula is C23H23ClN2O4. The fourth-order valence-electron chi connectivity index (χ4n) is 3.49. The lowest BCUT2D eigenvalue weighted by Gasteiger charge is -2.27. The number of carbonyl (C=O) groups excluding carboxylic acids is 1. The van der Waals surface area contributed by atoms with Crippen LogP contribution in [0.25, 0.3) is 11.0 Å². The van der Waals surface area contributed by atoms with E-state index >= 15 is 0 Å². The topological polar surface area (TPSA) is 64.8 Å². The van der Waals surface area contributed by atoms with Crippen LogP contribution in [0.4, 0.5) is 5.82 Å². The zero-order valence-electron chi connectivity index (χ0n) is 16.8. The predicted molar refractivity (Wildman–Crippen MR) is 116 cm³/mol. The van der Waals surface area contributed by atoms with Crippen molar-refractivity contribution in [2.45, 2.75) is 26.4 Å². The number of furan rings is 1. The highest BCUT2D eigenvalue weighted by molar-refractivity contribution is 6.35. The van der Waals surface area contributed by atoms with Crippen molar-refractivity contribution in [3.63, 3.8) is 0 Å². The summed E-state index contributed by atoms with van der Waals surface area (Å²) in [6.45, 7) is 4.07. The molecule has 0 fully saturated rings. The van der Waals surface area contributed by atoms with E-state index in [0.717, 1.165) is 40.9 Å². The Bertz CT molecular complexity index is 1080. The molecule has 0 bridgehead atoms. The van der Waals surface area contributed by atoms with Gasteiger partial charge in [0.25, 0.3) is 0 Å². The third-order valence-corrected chi connectivity index (χ3v) is 5.36. The van der Waals surface area contributed by atoms with Gasteiger partial charge in [0.05, 0.1) is 24.3 Å². The molecule has 3 aromatic rings. The number of aromatic nitrogens is 1. The summed E-state index contributed by atoms with van der Waals surface area (Å²) >= 11 is 6.20. The number of anilines is 1. The van der Waals surface area contributed by atoms with Gasteiger partial charge in [-0.2, -0.15) is 4.98 Å². The zero-order valence-corrected chi connectivity index (χ0v) is 17.5. The fourth-order valence-corrected chi connectivity index (χ4v) is 3.70. The van der Waals surface area contributed by atoms with Crippen LogP contribution < -0.4 is 9.64 Å². The highest BCUT2D eigenvalue weighted by Gasteiger charge is 2.16. The fraction of sp³-hybridized carbons (Fsp3) is 0.304. The Hall–Kier alpha value is -2.99. The minimum absolute atomic E-state index is 0.168. The van der Waals surface area contributed by atoms with Gasteiger partial charge >= 0.3 is 5.97 Å². The molecule has 0 unspecified atom stereocenters. The molecule has 4 rings (SSSR count). The number of benzene rings is 1. The number of fused-ring (bicyclic) bond motifs is 1. The Morgan fingerprint density at radius 1 is 1.27 bits per heavy atom. The van der Waals surface area contributed by atoms with Crippen LogP contribution in [-0.2, 0) is 16.1 Å². The second kappa shape index (κ2) is 9.22. The van der Waals surface area contributed by atoms with E-state index < -0.39 is 0 Å². The van der Waals surface area contributed by atoms with Gasteiger partial charge < -0.3 is 18.8 Å². The molecule has 2 aromatic heterocycles. The van der Waals surface area contributed by atoms with Crippen molar-refractivity contribution in [1.82, 2.24) is 4.98 Å². The Kier molecular flexibility index (Phi) is 6.23. The Morgan fingerprint density at radius 2 is 2.17 bits per heavy atom. The molecule has 3 heterocycles. The number of halogens is 1. The second-order valence-electron chi connectivity index (χ2n) is 7.03. The van der Waals surface area contributed by atoms with Gasteiger partial charge in [-0.15, -0.1) is 0 Å². The summed E-state index contributed by atoms with van der Waals surface area (Å²) < 4.78 is 16.5. The van der Waals surface area contributed by atoms with E-state index in [0.29, 0.717) is 37.1 Å². The first-order valence-electron chi connectivity index (χ1n) is 9.97. The first kappa shape index (κ1) is 20.3. The van der Waals surface area contributed by atoms with E-state index in [1.54, 1.807) is 6.26 Å². The molecule has 156 valence electrons. The molecule has 0 spiro atoms. The van der Waals surface area contributed by atoms with Crippen molar-refractivity contribution < 1.29 is 18.7 Å². The minimum atomic E-state index is -0.168. The van der Waals surface area contributed by atoms with Crippen LogP contribution in [0.3, 0.4) is 0 Å². The SMILES string of the molecule is CCOC(=O)CC1=CCN(c2cccc(OCc3ccc(Cl)c4ccoc34)n2)CC1. The minimum Gasteiger partial charge on any atom is -0.473 e. The standard InChI is InChI=1S/C23H23ClN2O4/c1-2-28-22(27)14-16-8-11-26(12-9-16)20-4-3-5-21(25-20)30-15-17-6-7-19(24)18-10-13-29-23(17)18/h3-8,10,13H,2,9,11-12,14-15H2,1H3. The van der Waals surface area contributed by atoms with E-state index in [1.807, 2.05) is 43.3 Å². The highest BCUT2D eigenvalue weighted by atomic mass is 35.5. The van der Waals surface area contributed by atoms with E-state index in [2.05, 4.69) is 16.0 Å². The number of pyridine rings is 1. The van der Waals surface area contributed by atoms with Crippen molar-refractivity contribution in [2.75, 3.05) is 24.6 Å². The second-order valence-corrected chi connectivity index (χ2v) is 7.44. The van der Waals surface area contributed by atoms with Gasteiger partial charge in [0.2, 0.25) is 5.88 Å². The van der Waals surface area contributed by atoms with Gasteiger partial charge in [-0.25, -0.2) is 0 Å². The summed E-state index contributed by atoms with van der Waals surface area (Å²) in [5.41, 5.74) is 2.76. The number of carbonyl (C=O) groups is 1. The average molecular weight is 427 g/mol. The van der Waals surface area contributed by atoms with Crippen LogP contribution >= 0.6 is 11.6 Å². The van der Waals surface area contributed by atoms with Crippen molar-refractivity contribution >= 4 is 34.4 Å². The number of ether oxygens (including phenoxy) is 2. The number of nitrogens with zero attached hydrogens (tertiary/aromatic N) is 2. The smallest absolute Gasteiger partial charge is 0.309 e. The summed E-state index contributed by atoms with van der Waals surface area (Å²) in [5, 5.41) is 1.53. The summed E-state index contributed by atoms with van der Waals surface area (Å²) in [6, 6.07) is 11.3. The molecule has 0 N–H and O–H groups in total. The average Bonchev–Trinajstić information content (AvgIpc) is 3.25. The molecule has 1 aliphatic rings. The summed E-state index contributed by atoms with van der Waals surface area (Å²) in [5.74, 6) is 1.22. The molecule has 0 saturated heterocycles. The first-order valence-corrected chi connectivity index (χ1v) is 10.3. The molecule has 0 amide bonds. The summed E-state index contributed by atoms with van der Waals surface area (Å²) in [7, 11) is 0. The quantitative estimate of drug-likeness (QED) is 0.384. The first-order chi connectivity index (χ1) is 14.6. The largest absolute Gasteiger partial charge is 0.473 e. The number of rotatable bonds is 7. The van der Waals surface area contributed by atoms with Gasteiger partial charge in [-0.3, -0.25) is 4.79 Å². The van der Waals surface area contributed by atoms with Gasteiger partial charge in [0, 0.05) is 30.1 Å². The molecule has 7 heteroatoms. The Labute approximate surface area is 180 Å². The maximum atomic E-state index is 11.7. The van der Waals surface area contributed by atoms with Gasteiger partial charge in [-0.1, -0.05) is 35.4 Å². The third-order valence-electron chi connectivity index (χ3n) is 5.03. The molecule has 0 saturated carbocycles. The molecule has 1 aliphatic heterocycles. The third kappa shape index (κ3) is 4.60. The van der Waals surface area contributed by atoms with E-state index in [9.17, 15) is 4.79 Å². The lowest BCUT2D eigenvalue weighted by molar-refractivity contribution is -0.142. The zero-order chi connectivity index (χ0) is 20.9. The molecule has 30 heavy (non-hydrogen) atoms. The van der Waals surface area contributed by atoms with E-state index in [4.69, 9.17) is 25.5 Å². The highest BCUT2D eigenvalue weighted by Crippen LogP contribution is 2.28.